The minimum Gasteiger partial charge on any atom is -0.494 e. The van der Waals surface area contributed by atoms with Crippen LogP contribution in [0.5, 0.6) is 5.75 Å². The molecule has 0 unspecified atom stereocenters. The summed E-state index contributed by atoms with van der Waals surface area (Å²) in [6.45, 7) is 6.74. The van der Waals surface area contributed by atoms with Crippen molar-refractivity contribution in [2.75, 3.05) is 11.9 Å². The van der Waals surface area contributed by atoms with Crippen molar-refractivity contribution >= 4 is 44.7 Å². The number of nitrogens with zero attached hydrogens (tertiary/aromatic N) is 2. The number of aromatic nitrogens is 2. The maximum absolute atomic E-state index is 6.29. The van der Waals surface area contributed by atoms with Crippen LogP contribution >= 0.6 is 22.9 Å². The van der Waals surface area contributed by atoms with Crippen molar-refractivity contribution < 1.29 is 4.74 Å². The summed E-state index contributed by atoms with van der Waals surface area (Å²) in [6.07, 6.45) is 1.60. The molecule has 0 atom stereocenters. The summed E-state index contributed by atoms with van der Waals surface area (Å²) in [4.78, 5) is 11.2. The first-order valence-electron chi connectivity index (χ1n) is 9.07. The van der Waals surface area contributed by atoms with E-state index in [1.54, 1.807) is 17.7 Å². The fourth-order valence-electron chi connectivity index (χ4n) is 3.18. The average molecular weight is 410 g/mol. The average Bonchev–Trinajstić information content (AvgIpc) is 3.02. The van der Waals surface area contributed by atoms with E-state index in [0.717, 1.165) is 49.2 Å². The molecule has 1 N–H and O–H groups in total. The van der Waals surface area contributed by atoms with Gasteiger partial charge in [0.1, 0.15) is 22.7 Å². The number of hydrogen-bond donors (Lipinski definition) is 1. The molecule has 4 aromatic rings. The molecule has 142 valence electrons. The Morgan fingerprint density at radius 2 is 1.86 bits per heavy atom. The molecule has 0 aliphatic heterocycles. The van der Waals surface area contributed by atoms with Crippen LogP contribution in [0, 0.1) is 13.8 Å². The fraction of sp³-hybridized carbons (Fsp3) is 0.182. The smallest absolute Gasteiger partial charge is 0.143 e. The van der Waals surface area contributed by atoms with Gasteiger partial charge in [0.05, 0.1) is 12.0 Å². The van der Waals surface area contributed by atoms with Crippen LogP contribution in [0.1, 0.15) is 17.4 Å². The van der Waals surface area contributed by atoms with Gasteiger partial charge in [0.25, 0.3) is 0 Å². The Labute approximate surface area is 173 Å². The Balaban J connectivity index is 1.81. The summed E-state index contributed by atoms with van der Waals surface area (Å²) in [5.41, 5.74) is 4.20. The van der Waals surface area contributed by atoms with Crippen molar-refractivity contribution in [3.63, 3.8) is 0 Å². The second-order valence-corrected chi connectivity index (χ2v) is 8.09. The lowest BCUT2D eigenvalue weighted by Crippen LogP contribution is -1.96. The van der Waals surface area contributed by atoms with Crippen molar-refractivity contribution in [3.8, 4) is 16.9 Å². The van der Waals surface area contributed by atoms with Crippen LogP contribution in [0.15, 0.2) is 48.8 Å². The Hall–Kier alpha value is -2.63. The van der Waals surface area contributed by atoms with Crippen LogP contribution in [-0.2, 0) is 0 Å². The maximum Gasteiger partial charge on any atom is 0.143 e. The first kappa shape index (κ1) is 18.7. The van der Waals surface area contributed by atoms with Gasteiger partial charge in [0, 0.05) is 21.2 Å². The van der Waals surface area contributed by atoms with Gasteiger partial charge in [0.2, 0.25) is 0 Å². The summed E-state index contributed by atoms with van der Waals surface area (Å²) < 4.78 is 5.57. The van der Waals surface area contributed by atoms with Crippen LogP contribution in [0.2, 0.25) is 5.02 Å². The molecule has 0 aliphatic rings. The first-order valence-corrected chi connectivity index (χ1v) is 10.3. The predicted octanol–water partition coefficient (Wildman–Crippen LogP) is 6.77. The van der Waals surface area contributed by atoms with Crippen LogP contribution in [0.4, 0.5) is 11.5 Å². The number of benzene rings is 2. The summed E-state index contributed by atoms with van der Waals surface area (Å²) >= 11 is 7.96. The zero-order chi connectivity index (χ0) is 19.7. The van der Waals surface area contributed by atoms with Gasteiger partial charge in [-0.1, -0.05) is 29.8 Å². The van der Waals surface area contributed by atoms with Crippen molar-refractivity contribution in [1.29, 1.82) is 0 Å². The molecule has 0 radical (unpaired) electrons. The van der Waals surface area contributed by atoms with Gasteiger partial charge >= 0.3 is 0 Å². The van der Waals surface area contributed by atoms with E-state index < -0.39 is 0 Å². The normalized spacial score (nSPS) is 11.0. The third-order valence-corrected chi connectivity index (χ3v) is 5.97. The van der Waals surface area contributed by atoms with Crippen molar-refractivity contribution in [2.24, 2.45) is 0 Å². The molecule has 0 amide bonds. The van der Waals surface area contributed by atoms with E-state index in [2.05, 4.69) is 34.3 Å². The molecule has 4 rings (SSSR count). The molecule has 0 fully saturated rings. The van der Waals surface area contributed by atoms with E-state index in [0.29, 0.717) is 6.61 Å². The van der Waals surface area contributed by atoms with E-state index in [9.17, 15) is 0 Å². The van der Waals surface area contributed by atoms with E-state index in [1.807, 2.05) is 44.2 Å². The highest BCUT2D eigenvalue weighted by molar-refractivity contribution is 7.19. The molecule has 4 nitrogen and oxygen atoms in total. The van der Waals surface area contributed by atoms with Crippen molar-refractivity contribution in [3.05, 3.63) is 64.3 Å². The lowest BCUT2D eigenvalue weighted by molar-refractivity contribution is 0.340. The zero-order valence-corrected chi connectivity index (χ0v) is 17.5. The second-order valence-electron chi connectivity index (χ2n) is 6.48. The highest BCUT2D eigenvalue weighted by Crippen LogP contribution is 2.41. The van der Waals surface area contributed by atoms with Crippen LogP contribution < -0.4 is 10.1 Å². The highest BCUT2D eigenvalue weighted by atomic mass is 35.5. The van der Waals surface area contributed by atoms with Gasteiger partial charge in [-0.05, 0) is 56.2 Å². The van der Waals surface area contributed by atoms with Gasteiger partial charge in [-0.2, -0.15) is 0 Å². The standard InChI is InChI=1S/C22H20ClN3OS/c1-4-27-17-9-6-15(7-10-17)19-14(3)28-22-20(19)21(24-12-25-22)26-16-8-5-13(2)18(23)11-16/h5-12H,4H2,1-3H3,(H,24,25,26). The van der Waals surface area contributed by atoms with Gasteiger partial charge in [-0.15, -0.1) is 11.3 Å². The number of thiophene rings is 1. The fourth-order valence-corrected chi connectivity index (χ4v) is 4.37. The number of fused-ring (bicyclic) bond motifs is 1. The number of ether oxygens (including phenoxy) is 1. The van der Waals surface area contributed by atoms with Gasteiger partial charge in [-0.25, -0.2) is 9.97 Å². The molecule has 2 aromatic heterocycles. The molecule has 0 saturated heterocycles. The maximum atomic E-state index is 6.29. The number of nitrogens with one attached hydrogen (secondary N) is 1. The molecular weight excluding hydrogens is 390 g/mol. The summed E-state index contributed by atoms with van der Waals surface area (Å²) in [6, 6.07) is 14.1. The number of anilines is 2. The highest BCUT2D eigenvalue weighted by Gasteiger charge is 2.17. The van der Waals surface area contributed by atoms with E-state index in [1.165, 1.54) is 4.88 Å². The monoisotopic (exact) mass is 409 g/mol. The zero-order valence-electron chi connectivity index (χ0n) is 15.9. The molecular formula is C22H20ClN3OS. The Kier molecular flexibility index (Phi) is 5.20. The van der Waals surface area contributed by atoms with Gasteiger partial charge < -0.3 is 10.1 Å². The molecule has 0 aliphatic carbocycles. The number of rotatable bonds is 5. The van der Waals surface area contributed by atoms with Gasteiger partial charge in [0.15, 0.2) is 0 Å². The minimum atomic E-state index is 0.654. The lowest BCUT2D eigenvalue weighted by atomic mass is 10.0. The van der Waals surface area contributed by atoms with Crippen molar-refractivity contribution in [2.45, 2.75) is 20.8 Å². The predicted molar refractivity (Wildman–Crippen MR) is 118 cm³/mol. The number of aryl methyl sites for hydroxylation is 2. The molecule has 0 spiro atoms. The topological polar surface area (TPSA) is 47.0 Å². The largest absolute Gasteiger partial charge is 0.494 e. The Bertz CT molecular complexity index is 1140. The summed E-state index contributed by atoms with van der Waals surface area (Å²) in [7, 11) is 0. The van der Waals surface area contributed by atoms with E-state index >= 15 is 0 Å². The molecule has 0 saturated carbocycles. The van der Waals surface area contributed by atoms with Crippen LogP contribution in [0.25, 0.3) is 21.3 Å². The first-order chi connectivity index (χ1) is 13.6. The minimum absolute atomic E-state index is 0.654. The molecule has 28 heavy (non-hydrogen) atoms. The third kappa shape index (κ3) is 3.55. The molecule has 2 aromatic carbocycles. The number of halogens is 1. The Morgan fingerprint density at radius 1 is 1.07 bits per heavy atom. The number of hydrogen-bond acceptors (Lipinski definition) is 5. The SMILES string of the molecule is CCOc1ccc(-c2c(C)sc3ncnc(Nc4ccc(C)c(Cl)c4)c23)cc1. The van der Waals surface area contributed by atoms with Crippen molar-refractivity contribution in [1.82, 2.24) is 9.97 Å². The van der Waals surface area contributed by atoms with E-state index in [4.69, 9.17) is 16.3 Å². The third-order valence-electron chi connectivity index (χ3n) is 4.55. The molecule has 2 heterocycles. The summed E-state index contributed by atoms with van der Waals surface area (Å²) in [5.74, 6) is 1.64. The second kappa shape index (κ2) is 7.78. The quantitative estimate of drug-likeness (QED) is 0.395. The van der Waals surface area contributed by atoms with Crippen LogP contribution in [-0.4, -0.2) is 16.6 Å². The lowest BCUT2D eigenvalue weighted by Gasteiger charge is -2.10. The Morgan fingerprint density at radius 3 is 2.57 bits per heavy atom. The molecule has 0 bridgehead atoms. The van der Waals surface area contributed by atoms with E-state index in [-0.39, 0.29) is 0 Å². The van der Waals surface area contributed by atoms with Gasteiger partial charge in [-0.3, -0.25) is 0 Å². The summed E-state index contributed by atoms with van der Waals surface area (Å²) in [5, 5.41) is 5.16. The van der Waals surface area contributed by atoms with Crippen LogP contribution in [0.3, 0.4) is 0 Å². The molecule has 6 heteroatoms.